The summed E-state index contributed by atoms with van der Waals surface area (Å²) >= 11 is 0. The van der Waals surface area contributed by atoms with Crippen LogP contribution in [-0.2, 0) is 17.9 Å². The van der Waals surface area contributed by atoms with E-state index < -0.39 is 0 Å². The van der Waals surface area contributed by atoms with E-state index in [4.69, 9.17) is 0 Å². The number of hydrogen-bond donors (Lipinski definition) is 1. The van der Waals surface area contributed by atoms with Gasteiger partial charge in [0.1, 0.15) is 0 Å². The highest BCUT2D eigenvalue weighted by molar-refractivity contribution is 5.78. The summed E-state index contributed by atoms with van der Waals surface area (Å²) in [4.78, 5) is 23.4. The molecule has 3 rings (SSSR count). The summed E-state index contributed by atoms with van der Waals surface area (Å²) in [7, 11) is 0. The van der Waals surface area contributed by atoms with Gasteiger partial charge in [-0.05, 0) is 36.8 Å². The molecule has 1 unspecified atom stereocenters. The summed E-state index contributed by atoms with van der Waals surface area (Å²) in [5.74, 6) is -0.0155. The molecule has 0 saturated carbocycles. The van der Waals surface area contributed by atoms with Gasteiger partial charge in [-0.15, -0.1) is 0 Å². The van der Waals surface area contributed by atoms with Crippen LogP contribution < -0.4 is 5.32 Å². The second kappa shape index (κ2) is 9.59. The molecule has 138 valence electrons. The minimum absolute atomic E-state index is 0.0155. The summed E-state index contributed by atoms with van der Waals surface area (Å²) < 4.78 is 0. The van der Waals surface area contributed by atoms with Crippen LogP contribution in [0, 0.1) is 0 Å². The standard InChI is InChI=1S/C22H24N4O/c1-18(19-9-3-2-4-10-19)25-22(27)17-26(15-20-11-5-7-13-23-20)16-21-12-6-8-14-24-21/h2-14,18H,15-17H2,1H3,(H,25,27). The molecule has 5 heteroatoms. The Labute approximate surface area is 160 Å². The third-order valence-electron chi connectivity index (χ3n) is 4.27. The zero-order chi connectivity index (χ0) is 18.9. The maximum absolute atomic E-state index is 12.6. The number of benzene rings is 1. The Bertz CT molecular complexity index is 783. The number of amides is 1. The minimum Gasteiger partial charge on any atom is -0.348 e. The molecule has 2 heterocycles. The van der Waals surface area contributed by atoms with Gasteiger partial charge in [-0.3, -0.25) is 19.7 Å². The van der Waals surface area contributed by atoms with Crippen LogP contribution in [0.1, 0.15) is 29.9 Å². The van der Waals surface area contributed by atoms with E-state index in [1.54, 1.807) is 12.4 Å². The van der Waals surface area contributed by atoms with Crippen molar-refractivity contribution in [3.8, 4) is 0 Å². The lowest BCUT2D eigenvalue weighted by atomic mass is 10.1. The second-order valence-corrected chi connectivity index (χ2v) is 6.49. The third kappa shape index (κ3) is 6.01. The molecule has 0 aliphatic heterocycles. The number of nitrogens with one attached hydrogen (secondary N) is 1. The van der Waals surface area contributed by atoms with Gasteiger partial charge in [0.05, 0.1) is 24.0 Å². The van der Waals surface area contributed by atoms with Crippen LogP contribution in [0.4, 0.5) is 0 Å². The maximum Gasteiger partial charge on any atom is 0.234 e. The van der Waals surface area contributed by atoms with Crippen LogP contribution in [0.3, 0.4) is 0 Å². The Morgan fingerprint density at radius 2 is 1.44 bits per heavy atom. The predicted octanol–water partition coefficient (Wildman–Crippen LogP) is 3.36. The normalized spacial score (nSPS) is 11.9. The highest BCUT2D eigenvalue weighted by Crippen LogP contribution is 2.12. The maximum atomic E-state index is 12.6. The van der Waals surface area contributed by atoms with E-state index in [0.717, 1.165) is 17.0 Å². The Kier molecular flexibility index (Phi) is 6.66. The molecule has 0 saturated heterocycles. The number of rotatable bonds is 8. The third-order valence-corrected chi connectivity index (χ3v) is 4.27. The van der Waals surface area contributed by atoms with Crippen molar-refractivity contribution in [1.29, 1.82) is 0 Å². The Balaban J connectivity index is 1.65. The average Bonchev–Trinajstić information content (AvgIpc) is 2.70. The average molecular weight is 360 g/mol. The summed E-state index contributed by atoms with van der Waals surface area (Å²) in [6.45, 7) is 3.45. The number of hydrogen-bond acceptors (Lipinski definition) is 4. The van der Waals surface area contributed by atoms with Crippen molar-refractivity contribution in [2.24, 2.45) is 0 Å². The fourth-order valence-electron chi connectivity index (χ4n) is 2.92. The summed E-state index contributed by atoms with van der Waals surface area (Å²) in [5, 5.41) is 3.08. The first-order chi connectivity index (χ1) is 13.2. The number of aromatic nitrogens is 2. The lowest BCUT2D eigenvalue weighted by Gasteiger charge is -2.22. The largest absolute Gasteiger partial charge is 0.348 e. The molecular weight excluding hydrogens is 336 g/mol. The molecule has 27 heavy (non-hydrogen) atoms. The van der Waals surface area contributed by atoms with Crippen molar-refractivity contribution in [2.75, 3.05) is 6.54 Å². The fourth-order valence-corrected chi connectivity index (χ4v) is 2.92. The van der Waals surface area contributed by atoms with E-state index in [9.17, 15) is 4.79 Å². The molecule has 0 aliphatic rings. The van der Waals surface area contributed by atoms with Crippen LogP contribution in [0.5, 0.6) is 0 Å². The molecule has 5 nitrogen and oxygen atoms in total. The number of carbonyl (C=O) groups is 1. The van der Waals surface area contributed by atoms with Crippen LogP contribution in [0.2, 0.25) is 0 Å². The van der Waals surface area contributed by atoms with Crippen molar-refractivity contribution in [2.45, 2.75) is 26.1 Å². The van der Waals surface area contributed by atoms with Crippen molar-refractivity contribution < 1.29 is 4.79 Å². The van der Waals surface area contributed by atoms with Gasteiger partial charge in [0.25, 0.3) is 0 Å². The van der Waals surface area contributed by atoms with Gasteiger partial charge in [-0.25, -0.2) is 0 Å². The molecule has 0 fully saturated rings. The SMILES string of the molecule is CC(NC(=O)CN(Cc1ccccn1)Cc1ccccn1)c1ccccc1. The minimum atomic E-state index is -0.0368. The molecule has 1 aromatic carbocycles. The summed E-state index contributed by atoms with van der Waals surface area (Å²) in [6.07, 6.45) is 3.54. The molecule has 0 aliphatic carbocycles. The highest BCUT2D eigenvalue weighted by atomic mass is 16.2. The zero-order valence-corrected chi connectivity index (χ0v) is 15.5. The van der Waals surface area contributed by atoms with Crippen LogP contribution in [0.25, 0.3) is 0 Å². The molecule has 3 aromatic rings. The first-order valence-corrected chi connectivity index (χ1v) is 9.07. The van der Waals surface area contributed by atoms with Crippen molar-refractivity contribution in [3.63, 3.8) is 0 Å². The first kappa shape index (κ1) is 18.7. The monoisotopic (exact) mass is 360 g/mol. The Morgan fingerprint density at radius 3 is 1.96 bits per heavy atom. The van der Waals surface area contributed by atoms with E-state index in [-0.39, 0.29) is 18.5 Å². The molecule has 1 atom stereocenters. The van der Waals surface area contributed by atoms with Crippen LogP contribution in [-0.4, -0.2) is 27.3 Å². The Morgan fingerprint density at radius 1 is 0.889 bits per heavy atom. The summed E-state index contributed by atoms with van der Waals surface area (Å²) in [6, 6.07) is 21.6. The van der Waals surface area contributed by atoms with Crippen LogP contribution >= 0.6 is 0 Å². The van der Waals surface area contributed by atoms with Gasteiger partial charge in [0.15, 0.2) is 0 Å². The topological polar surface area (TPSA) is 58.1 Å². The zero-order valence-electron chi connectivity index (χ0n) is 15.5. The second-order valence-electron chi connectivity index (χ2n) is 6.49. The summed E-state index contributed by atoms with van der Waals surface area (Å²) in [5.41, 5.74) is 2.95. The van der Waals surface area contributed by atoms with E-state index in [1.165, 1.54) is 0 Å². The van der Waals surface area contributed by atoms with Crippen LogP contribution in [0.15, 0.2) is 79.1 Å². The molecule has 1 amide bonds. The smallest absolute Gasteiger partial charge is 0.234 e. The molecule has 0 radical (unpaired) electrons. The molecule has 2 aromatic heterocycles. The molecule has 1 N–H and O–H groups in total. The lowest BCUT2D eigenvalue weighted by Crippen LogP contribution is -2.38. The predicted molar refractivity (Wildman–Crippen MR) is 106 cm³/mol. The van der Waals surface area contributed by atoms with E-state index in [2.05, 4.69) is 20.2 Å². The number of pyridine rings is 2. The van der Waals surface area contributed by atoms with E-state index in [0.29, 0.717) is 13.1 Å². The molecule has 0 bridgehead atoms. The highest BCUT2D eigenvalue weighted by Gasteiger charge is 2.15. The fraction of sp³-hybridized carbons (Fsp3) is 0.227. The number of nitrogens with zero attached hydrogens (tertiary/aromatic N) is 3. The first-order valence-electron chi connectivity index (χ1n) is 9.07. The molecular formula is C22H24N4O. The molecule has 0 spiro atoms. The lowest BCUT2D eigenvalue weighted by molar-refractivity contribution is -0.123. The Hall–Kier alpha value is -3.05. The van der Waals surface area contributed by atoms with Gasteiger partial charge < -0.3 is 5.32 Å². The number of carbonyl (C=O) groups excluding carboxylic acids is 1. The van der Waals surface area contributed by atoms with Gasteiger partial charge in [-0.1, -0.05) is 42.5 Å². The van der Waals surface area contributed by atoms with Gasteiger partial charge in [0, 0.05) is 25.5 Å². The van der Waals surface area contributed by atoms with Crippen molar-refractivity contribution >= 4 is 5.91 Å². The van der Waals surface area contributed by atoms with Gasteiger partial charge >= 0.3 is 0 Å². The van der Waals surface area contributed by atoms with Gasteiger partial charge in [0.2, 0.25) is 5.91 Å². The quantitative estimate of drug-likeness (QED) is 0.669. The van der Waals surface area contributed by atoms with Crippen molar-refractivity contribution in [1.82, 2.24) is 20.2 Å². The van der Waals surface area contributed by atoms with E-state index >= 15 is 0 Å². The van der Waals surface area contributed by atoms with Crippen molar-refractivity contribution in [3.05, 3.63) is 96.1 Å². The van der Waals surface area contributed by atoms with Gasteiger partial charge in [-0.2, -0.15) is 0 Å². The van der Waals surface area contributed by atoms with E-state index in [1.807, 2.05) is 73.7 Å².